The number of aliphatic carboxylic acids is 1. The molecule has 0 bridgehead atoms. The molecule has 0 spiro atoms. The van der Waals surface area contributed by atoms with Crippen LogP contribution in [0.25, 0.3) is 0 Å². The fourth-order valence-corrected chi connectivity index (χ4v) is 2.72. The molecule has 0 aromatic heterocycles. The number of hydrogen-bond acceptors (Lipinski definition) is 3. The van der Waals surface area contributed by atoms with Gasteiger partial charge in [0, 0.05) is 13.0 Å². The van der Waals surface area contributed by atoms with E-state index in [-0.39, 0.29) is 12.5 Å². The Morgan fingerprint density at radius 2 is 1.83 bits per heavy atom. The zero-order chi connectivity index (χ0) is 17.1. The average molecular weight is 322 g/mol. The van der Waals surface area contributed by atoms with Crippen LogP contribution >= 0.6 is 0 Å². The maximum atomic E-state index is 12.9. The molecule has 24 heavy (non-hydrogen) atoms. The first-order chi connectivity index (χ1) is 11.6. The van der Waals surface area contributed by atoms with Gasteiger partial charge in [0.1, 0.15) is 11.8 Å². The Labute approximate surface area is 140 Å². The van der Waals surface area contributed by atoms with E-state index in [9.17, 15) is 14.7 Å². The third kappa shape index (κ3) is 3.20. The molecule has 1 aliphatic rings. The molecular formula is C19H18N2O3. The number of amides is 1. The third-order valence-electron chi connectivity index (χ3n) is 4.13. The smallest absolute Gasteiger partial charge is 0.326 e. The molecule has 122 valence electrons. The average Bonchev–Trinajstić information content (AvgIpc) is 2.72. The minimum Gasteiger partial charge on any atom is -0.480 e. The maximum Gasteiger partial charge on any atom is 0.326 e. The van der Waals surface area contributed by atoms with Crippen LogP contribution in [0.2, 0.25) is 0 Å². The Balaban J connectivity index is 2.02. The zero-order valence-electron chi connectivity index (χ0n) is 13.3. The molecule has 3 rings (SSSR count). The first kappa shape index (κ1) is 15.9. The second kappa shape index (κ2) is 6.66. The molecular weight excluding hydrogens is 304 g/mol. The monoisotopic (exact) mass is 322 g/mol. The number of rotatable bonds is 4. The fourth-order valence-electron chi connectivity index (χ4n) is 2.72. The summed E-state index contributed by atoms with van der Waals surface area (Å²) in [7, 11) is 0. The summed E-state index contributed by atoms with van der Waals surface area (Å²) in [6.07, 6.45) is 0.372. The molecule has 1 atom stereocenters. The van der Waals surface area contributed by atoms with Crippen LogP contribution in [0, 0.1) is 0 Å². The Morgan fingerprint density at radius 1 is 1.17 bits per heavy atom. The summed E-state index contributed by atoms with van der Waals surface area (Å²) in [6, 6.07) is 16.1. The number of hydrogen-bond donors (Lipinski definition) is 1. The van der Waals surface area contributed by atoms with Crippen LogP contribution in [0.15, 0.2) is 59.6 Å². The van der Waals surface area contributed by atoms with Gasteiger partial charge in [-0.3, -0.25) is 4.79 Å². The summed E-state index contributed by atoms with van der Waals surface area (Å²) in [5.74, 6) is -1.35. The number of carboxylic acids is 1. The topological polar surface area (TPSA) is 70.0 Å². The molecule has 1 heterocycles. The van der Waals surface area contributed by atoms with E-state index >= 15 is 0 Å². The highest BCUT2D eigenvalue weighted by molar-refractivity contribution is 6.40. The molecule has 0 radical (unpaired) electrons. The highest BCUT2D eigenvalue weighted by Crippen LogP contribution is 2.26. The van der Waals surface area contributed by atoms with Crippen LogP contribution in [0.3, 0.4) is 0 Å². The predicted octanol–water partition coefficient (Wildman–Crippen LogP) is 2.82. The number of nitrogens with zero attached hydrogens (tertiary/aromatic N) is 2. The van der Waals surface area contributed by atoms with Gasteiger partial charge in [-0.05, 0) is 24.1 Å². The van der Waals surface area contributed by atoms with Crippen molar-refractivity contribution < 1.29 is 14.7 Å². The lowest BCUT2D eigenvalue weighted by molar-refractivity contribution is -0.147. The minimum absolute atomic E-state index is 0.240. The van der Waals surface area contributed by atoms with Crippen molar-refractivity contribution in [3.05, 3.63) is 65.7 Å². The Morgan fingerprint density at radius 3 is 2.54 bits per heavy atom. The van der Waals surface area contributed by atoms with Gasteiger partial charge in [0.2, 0.25) is 0 Å². The summed E-state index contributed by atoms with van der Waals surface area (Å²) in [5, 5.41) is 9.33. The molecule has 1 N–H and O–H groups in total. The van der Waals surface area contributed by atoms with E-state index in [4.69, 9.17) is 0 Å². The molecule has 2 aromatic rings. The molecule has 0 saturated heterocycles. The van der Waals surface area contributed by atoms with E-state index in [1.54, 1.807) is 0 Å². The Hall–Kier alpha value is -2.95. The molecule has 1 amide bonds. The lowest BCUT2D eigenvalue weighted by Gasteiger charge is -2.25. The Kier molecular flexibility index (Phi) is 4.42. The summed E-state index contributed by atoms with van der Waals surface area (Å²) in [5.41, 5.74) is 2.89. The van der Waals surface area contributed by atoms with E-state index < -0.39 is 12.0 Å². The number of fused-ring (bicyclic) bond motifs is 1. The lowest BCUT2D eigenvalue weighted by Crippen LogP contribution is -2.45. The van der Waals surface area contributed by atoms with Crippen molar-refractivity contribution in [3.8, 4) is 0 Å². The quantitative estimate of drug-likeness (QED) is 0.941. The van der Waals surface area contributed by atoms with Crippen molar-refractivity contribution in [2.45, 2.75) is 25.9 Å². The van der Waals surface area contributed by atoms with Crippen molar-refractivity contribution in [3.63, 3.8) is 0 Å². The van der Waals surface area contributed by atoms with Crippen LogP contribution in [0.1, 0.15) is 18.1 Å². The van der Waals surface area contributed by atoms with E-state index in [1.165, 1.54) is 11.8 Å². The first-order valence-corrected chi connectivity index (χ1v) is 7.79. The number of carbonyl (C=O) groups is 2. The predicted molar refractivity (Wildman–Crippen MR) is 91.3 cm³/mol. The van der Waals surface area contributed by atoms with Gasteiger partial charge >= 0.3 is 5.97 Å². The van der Waals surface area contributed by atoms with Crippen LogP contribution in [0.4, 0.5) is 5.69 Å². The van der Waals surface area contributed by atoms with E-state index in [1.807, 2.05) is 54.6 Å². The largest absolute Gasteiger partial charge is 0.480 e. The van der Waals surface area contributed by atoms with Gasteiger partial charge in [-0.25, -0.2) is 9.79 Å². The lowest BCUT2D eigenvalue weighted by atomic mass is 10.1. The van der Waals surface area contributed by atoms with Crippen molar-refractivity contribution in [2.24, 2.45) is 4.99 Å². The SMILES string of the molecule is C[C@@H](C(=O)O)N1Cc2ccccc2N=C(Cc2ccccc2)C1=O. The molecule has 5 heteroatoms. The van der Waals surface area contributed by atoms with E-state index in [0.29, 0.717) is 12.1 Å². The van der Waals surface area contributed by atoms with Gasteiger partial charge < -0.3 is 10.0 Å². The highest BCUT2D eigenvalue weighted by atomic mass is 16.4. The number of para-hydroxylation sites is 1. The summed E-state index contributed by atoms with van der Waals surface area (Å²) in [6.45, 7) is 1.76. The van der Waals surface area contributed by atoms with Crippen LogP contribution in [-0.4, -0.2) is 33.6 Å². The zero-order valence-corrected chi connectivity index (χ0v) is 13.3. The number of carbonyl (C=O) groups excluding carboxylic acids is 1. The minimum atomic E-state index is -1.03. The van der Waals surface area contributed by atoms with Gasteiger partial charge in [0.15, 0.2) is 0 Å². The van der Waals surface area contributed by atoms with Gasteiger partial charge in [-0.2, -0.15) is 0 Å². The Bertz CT molecular complexity index is 799. The van der Waals surface area contributed by atoms with Crippen LogP contribution in [-0.2, 0) is 22.6 Å². The van der Waals surface area contributed by atoms with Crippen LogP contribution < -0.4 is 0 Å². The van der Waals surface area contributed by atoms with Crippen LogP contribution in [0.5, 0.6) is 0 Å². The molecule has 0 saturated carbocycles. The summed E-state index contributed by atoms with van der Waals surface area (Å²) < 4.78 is 0. The summed E-state index contributed by atoms with van der Waals surface area (Å²) >= 11 is 0. The van der Waals surface area contributed by atoms with E-state index in [2.05, 4.69) is 4.99 Å². The second-order valence-electron chi connectivity index (χ2n) is 5.80. The first-order valence-electron chi connectivity index (χ1n) is 7.79. The molecule has 5 nitrogen and oxygen atoms in total. The summed E-state index contributed by atoms with van der Waals surface area (Å²) in [4.78, 5) is 30.2. The van der Waals surface area contributed by atoms with Crippen molar-refractivity contribution in [1.82, 2.24) is 4.90 Å². The normalized spacial score (nSPS) is 15.3. The molecule has 0 fully saturated rings. The van der Waals surface area contributed by atoms with Gasteiger partial charge in [-0.1, -0.05) is 48.5 Å². The molecule has 1 aliphatic heterocycles. The maximum absolute atomic E-state index is 12.9. The van der Waals surface area contributed by atoms with Crippen molar-refractivity contribution in [2.75, 3.05) is 0 Å². The fraction of sp³-hybridized carbons (Fsp3) is 0.211. The van der Waals surface area contributed by atoms with E-state index in [0.717, 1.165) is 16.8 Å². The number of carboxylic acid groups (broad SMARTS) is 1. The highest BCUT2D eigenvalue weighted by Gasteiger charge is 2.31. The van der Waals surface area contributed by atoms with Gasteiger partial charge in [-0.15, -0.1) is 0 Å². The standard InChI is InChI=1S/C19H18N2O3/c1-13(19(23)24)21-12-15-9-5-6-10-16(15)20-17(18(21)22)11-14-7-3-2-4-8-14/h2-10,13H,11-12H2,1H3,(H,23,24)/t13-/m0/s1. The number of benzene rings is 2. The van der Waals surface area contributed by atoms with Gasteiger partial charge in [0.25, 0.3) is 5.91 Å². The molecule has 0 unspecified atom stereocenters. The van der Waals surface area contributed by atoms with Gasteiger partial charge in [0.05, 0.1) is 5.69 Å². The molecule has 2 aromatic carbocycles. The van der Waals surface area contributed by atoms with Crippen molar-refractivity contribution >= 4 is 23.3 Å². The number of aliphatic imine (C=N–C) groups is 1. The third-order valence-corrected chi connectivity index (χ3v) is 4.13. The van der Waals surface area contributed by atoms with Crippen molar-refractivity contribution in [1.29, 1.82) is 0 Å². The second-order valence-corrected chi connectivity index (χ2v) is 5.80. The molecule has 0 aliphatic carbocycles.